The molecule has 0 radical (unpaired) electrons. The minimum Gasteiger partial charge on any atom is -0.497 e. The van der Waals surface area contributed by atoms with Gasteiger partial charge in [0.2, 0.25) is 10.0 Å². The normalized spacial score (nSPS) is 11.1. The minimum atomic E-state index is -3.48. The SMILES string of the molecule is CCS(=O)(=O)N(Cc1ccc(NC(=O)c2cc(OC)ccc2OC)cc1)c1ccc(C)c(C)c1. The Labute approximate surface area is 201 Å². The van der Waals surface area contributed by atoms with Gasteiger partial charge >= 0.3 is 0 Å². The van der Waals surface area contributed by atoms with Gasteiger partial charge in [0.05, 0.1) is 37.8 Å². The summed E-state index contributed by atoms with van der Waals surface area (Å²) in [4.78, 5) is 12.8. The lowest BCUT2D eigenvalue weighted by atomic mass is 10.1. The second kappa shape index (κ2) is 10.6. The fraction of sp³-hybridized carbons (Fsp3) is 0.269. The van der Waals surface area contributed by atoms with Crippen LogP contribution in [0.1, 0.15) is 34.0 Å². The number of methoxy groups -OCH3 is 2. The second-order valence-corrected chi connectivity index (χ2v) is 10.1. The molecule has 0 atom stereocenters. The topological polar surface area (TPSA) is 84.9 Å². The van der Waals surface area contributed by atoms with Gasteiger partial charge in [0.1, 0.15) is 11.5 Å². The molecule has 0 unspecified atom stereocenters. The van der Waals surface area contributed by atoms with E-state index in [-0.39, 0.29) is 18.2 Å². The van der Waals surface area contributed by atoms with Gasteiger partial charge in [-0.15, -0.1) is 0 Å². The standard InChI is InChI=1S/C26H30N2O5S/c1-6-34(30,31)28(22-12-7-18(2)19(3)15-22)17-20-8-10-21(11-9-20)27-26(29)24-16-23(32-4)13-14-25(24)33-5/h7-16H,6,17H2,1-5H3,(H,27,29). The van der Waals surface area contributed by atoms with E-state index in [1.165, 1.54) is 18.5 Å². The van der Waals surface area contributed by atoms with Crippen LogP contribution in [-0.4, -0.2) is 34.3 Å². The molecule has 34 heavy (non-hydrogen) atoms. The Bertz CT molecular complexity index is 1270. The van der Waals surface area contributed by atoms with Crippen LogP contribution in [-0.2, 0) is 16.6 Å². The van der Waals surface area contributed by atoms with Gasteiger partial charge in [-0.3, -0.25) is 9.10 Å². The number of hydrogen-bond acceptors (Lipinski definition) is 5. The maximum atomic E-state index is 12.8. The number of anilines is 2. The van der Waals surface area contributed by atoms with Crippen molar-refractivity contribution < 1.29 is 22.7 Å². The lowest BCUT2D eigenvalue weighted by Gasteiger charge is -2.25. The monoisotopic (exact) mass is 482 g/mol. The van der Waals surface area contributed by atoms with Crippen LogP contribution >= 0.6 is 0 Å². The molecule has 0 bridgehead atoms. The van der Waals surface area contributed by atoms with E-state index in [4.69, 9.17) is 9.47 Å². The highest BCUT2D eigenvalue weighted by molar-refractivity contribution is 7.92. The number of benzene rings is 3. The van der Waals surface area contributed by atoms with Crippen molar-refractivity contribution in [3.05, 3.63) is 82.9 Å². The van der Waals surface area contributed by atoms with Crippen molar-refractivity contribution in [2.45, 2.75) is 27.3 Å². The van der Waals surface area contributed by atoms with E-state index < -0.39 is 10.0 Å². The van der Waals surface area contributed by atoms with Crippen molar-refractivity contribution in [3.8, 4) is 11.5 Å². The highest BCUT2D eigenvalue weighted by atomic mass is 32.2. The molecule has 0 aliphatic heterocycles. The summed E-state index contributed by atoms with van der Waals surface area (Å²) in [6.45, 7) is 5.78. The first kappa shape index (κ1) is 25.1. The van der Waals surface area contributed by atoms with Gasteiger partial charge in [-0.2, -0.15) is 0 Å². The molecule has 1 amide bonds. The number of sulfonamides is 1. The zero-order chi connectivity index (χ0) is 24.9. The summed E-state index contributed by atoms with van der Waals surface area (Å²) in [5, 5.41) is 2.85. The Morgan fingerprint density at radius 3 is 2.21 bits per heavy atom. The fourth-order valence-corrected chi connectivity index (χ4v) is 4.53. The van der Waals surface area contributed by atoms with Crippen LogP contribution in [0.5, 0.6) is 11.5 Å². The number of hydrogen-bond donors (Lipinski definition) is 1. The summed E-state index contributed by atoms with van der Waals surface area (Å²) in [7, 11) is -0.454. The molecule has 3 aromatic carbocycles. The third kappa shape index (κ3) is 5.69. The predicted octanol–water partition coefficient (Wildman–Crippen LogP) is 4.93. The number of ether oxygens (including phenoxy) is 2. The van der Waals surface area contributed by atoms with Crippen LogP contribution in [0.2, 0.25) is 0 Å². The van der Waals surface area contributed by atoms with Crippen LogP contribution < -0.4 is 19.1 Å². The number of nitrogens with one attached hydrogen (secondary N) is 1. The number of carbonyl (C=O) groups excluding carboxylic acids is 1. The molecule has 180 valence electrons. The third-order valence-electron chi connectivity index (χ3n) is 5.67. The molecule has 0 fully saturated rings. The average molecular weight is 483 g/mol. The molecular formula is C26H30N2O5S. The number of carbonyl (C=O) groups is 1. The predicted molar refractivity (Wildman–Crippen MR) is 136 cm³/mol. The van der Waals surface area contributed by atoms with Crippen LogP contribution in [0.3, 0.4) is 0 Å². The van der Waals surface area contributed by atoms with E-state index in [1.54, 1.807) is 49.4 Å². The molecule has 3 rings (SSSR count). The third-order valence-corrected chi connectivity index (χ3v) is 7.41. The van der Waals surface area contributed by atoms with Crippen LogP contribution in [0.15, 0.2) is 60.7 Å². The zero-order valence-electron chi connectivity index (χ0n) is 20.1. The molecular weight excluding hydrogens is 452 g/mol. The quantitative estimate of drug-likeness (QED) is 0.468. The molecule has 0 spiro atoms. The summed E-state index contributed by atoms with van der Waals surface area (Å²) in [6.07, 6.45) is 0. The minimum absolute atomic E-state index is 0.00354. The van der Waals surface area contributed by atoms with E-state index in [1.807, 2.05) is 32.0 Å². The summed E-state index contributed by atoms with van der Waals surface area (Å²) < 4.78 is 37.6. The van der Waals surface area contributed by atoms with Crippen molar-refractivity contribution in [2.24, 2.45) is 0 Å². The lowest BCUT2D eigenvalue weighted by molar-refractivity contribution is 0.102. The smallest absolute Gasteiger partial charge is 0.259 e. The summed E-state index contributed by atoms with van der Waals surface area (Å²) >= 11 is 0. The molecule has 1 N–H and O–H groups in total. The van der Waals surface area contributed by atoms with Gasteiger partial charge in [0.15, 0.2) is 0 Å². The Morgan fingerprint density at radius 1 is 0.912 bits per heavy atom. The number of rotatable bonds is 9. The first-order valence-electron chi connectivity index (χ1n) is 10.9. The average Bonchev–Trinajstić information content (AvgIpc) is 2.84. The zero-order valence-corrected chi connectivity index (χ0v) is 20.9. The molecule has 0 aromatic heterocycles. The Balaban J connectivity index is 1.81. The number of aryl methyl sites for hydroxylation is 2. The molecule has 0 saturated carbocycles. The van der Waals surface area contributed by atoms with Gasteiger partial charge in [0.25, 0.3) is 5.91 Å². The Kier molecular flexibility index (Phi) is 7.83. The van der Waals surface area contributed by atoms with Crippen molar-refractivity contribution in [1.82, 2.24) is 0 Å². The van der Waals surface area contributed by atoms with Gasteiger partial charge in [0, 0.05) is 5.69 Å². The molecule has 0 aliphatic rings. The summed E-state index contributed by atoms with van der Waals surface area (Å²) in [5.74, 6) is 0.638. The molecule has 0 saturated heterocycles. The first-order valence-corrected chi connectivity index (χ1v) is 12.5. The van der Waals surface area contributed by atoms with Gasteiger partial charge in [-0.05, 0) is 79.9 Å². The van der Waals surface area contributed by atoms with Crippen molar-refractivity contribution in [3.63, 3.8) is 0 Å². The van der Waals surface area contributed by atoms with Crippen LogP contribution in [0.4, 0.5) is 11.4 Å². The molecule has 3 aromatic rings. The van der Waals surface area contributed by atoms with E-state index >= 15 is 0 Å². The maximum absolute atomic E-state index is 12.8. The van der Waals surface area contributed by atoms with Crippen LogP contribution in [0, 0.1) is 13.8 Å². The summed E-state index contributed by atoms with van der Waals surface area (Å²) in [5.41, 5.74) is 4.49. The van der Waals surface area contributed by atoms with E-state index in [0.29, 0.717) is 28.4 Å². The lowest BCUT2D eigenvalue weighted by Crippen LogP contribution is -2.32. The van der Waals surface area contributed by atoms with Crippen LogP contribution in [0.25, 0.3) is 0 Å². The molecule has 8 heteroatoms. The molecule has 7 nitrogen and oxygen atoms in total. The highest BCUT2D eigenvalue weighted by Crippen LogP contribution is 2.27. The van der Waals surface area contributed by atoms with Crippen molar-refractivity contribution in [1.29, 1.82) is 0 Å². The van der Waals surface area contributed by atoms with Crippen molar-refractivity contribution >= 4 is 27.3 Å². The summed E-state index contributed by atoms with van der Waals surface area (Å²) in [6, 6.07) is 17.7. The van der Waals surface area contributed by atoms with Gasteiger partial charge in [-0.1, -0.05) is 18.2 Å². The highest BCUT2D eigenvalue weighted by Gasteiger charge is 2.21. The van der Waals surface area contributed by atoms with Gasteiger partial charge in [-0.25, -0.2) is 8.42 Å². The van der Waals surface area contributed by atoms with E-state index in [2.05, 4.69) is 5.32 Å². The van der Waals surface area contributed by atoms with Gasteiger partial charge < -0.3 is 14.8 Å². The second-order valence-electron chi connectivity index (χ2n) is 7.89. The largest absolute Gasteiger partial charge is 0.497 e. The number of amides is 1. The van der Waals surface area contributed by atoms with Crippen molar-refractivity contribution in [2.75, 3.05) is 29.6 Å². The Morgan fingerprint density at radius 2 is 1.62 bits per heavy atom. The fourth-order valence-electron chi connectivity index (χ4n) is 3.44. The Hall–Kier alpha value is -3.52. The first-order chi connectivity index (χ1) is 16.2. The molecule has 0 aliphatic carbocycles. The molecule has 0 heterocycles. The maximum Gasteiger partial charge on any atom is 0.259 e. The van der Waals surface area contributed by atoms with E-state index in [9.17, 15) is 13.2 Å². The number of nitrogens with zero attached hydrogens (tertiary/aromatic N) is 1. The van der Waals surface area contributed by atoms with E-state index in [0.717, 1.165) is 16.7 Å².